The van der Waals surface area contributed by atoms with E-state index in [1.54, 1.807) is 0 Å². The molecule has 1 aliphatic rings. The Balaban J connectivity index is 1.68. The number of nitrogens with one attached hydrogen (secondary N) is 1. The van der Waals surface area contributed by atoms with Crippen LogP contribution in [0.2, 0.25) is 0 Å². The van der Waals surface area contributed by atoms with Gasteiger partial charge in [-0.3, -0.25) is 4.79 Å². The number of hydrogen-bond acceptors (Lipinski definition) is 3. The molecule has 1 aromatic heterocycles. The lowest BCUT2D eigenvalue weighted by atomic mass is 10.2. The molecule has 3 aromatic rings. The van der Waals surface area contributed by atoms with Gasteiger partial charge in [0.15, 0.2) is 5.17 Å². The Morgan fingerprint density at radius 1 is 1.00 bits per heavy atom. The highest BCUT2D eigenvalue weighted by Gasteiger charge is 2.25. The van der Waals surface area contributed by atoms with Gasteiger partial charge in [-0.05, 0) is 78.8 Å². The number of amides is 1. The molecule has 1 saturated heterocycles. The van der Waals surface area contributed by atoms with Crippen molar-refractivity contribution in [1.29, 1.82) is 0 Å². The van der Waals surface area contributed by atoms with E-state index >= 15 is 0 Å². The maximum absolute atomic E-state index is 12.5. The second-order valence-electron chi connectivity index (χ2n) is 6.89. The molecule has 0 aliphatic carbocycles. The molecular weight excluding hydrogens is 446 g/mol. The number of hydrogen-bond donors (Lipinski definition) is 1. The third-order valence-corrected chi connectivity index (χ3v) is 6.73. The van der Waals surface area contributed by atoms with E-state index < -0.39 is 0 Å². The Morgan fingerprint density at radius 2 is 1.69 bits per heavy atom. The summed E-state index contributed by atoms with van der Waals surface area (Å²) in [6, 6.07) is 18.1. The number of thioether (sulfide) groups is 1. The van der Waals surface area contributed by atoms with Crippen LogP contribution in [0, 0.1) is 20.8 Å². The summed E-state index contributed by atoms with van der Waals surface area (Å²) in [5.41, 5.74) is 6.26. The molecule has 0 atom stereocenters. The molecule has 6 heteroatoms. The van der Waals surface area contributed by atoms with E-state index in [0.29, 0.717) is 10.1 Å². The van der Waals surface area contributed by atoms with Crippen LogP contribution >= 0.6 is 27.7 Å². The van der Waals surface area contributed by atoms with Crippen molar-refractivity contribution in [3.63, 3.8) is 0 Å². The Hall–Kier alpha value is -2.57. The third kappa shape index (κ3) is 3.95. The number of carbonyl (C=O) groups excluding carboxylic acids is 1. The molecule has 4 nitrogen and oxygen atoms in total. The average molecular weight is 466 g/mol. The van der Waals surface area contributed by atoms with Gasteiger partial charge in [0, 0.05) is 27.1 Å². The summed E-state index contributed by atoms with van der Waals surface area (Å²) in [6.07, 6.45) is 1.93. The Kier molecular flexibility index (Phi) is 5.48. The molecule has 0 bridgehead atoms. The van der Waals surface area contributed by atoms with Crippen molar-refractivity contribution in [2.45, 2.75) is 20.8 Å². The van der Waals surface area contributed by atoms with Gasteiger partial charge in [0.1, 0.15) is 0 Å². The molecule has 4 rings (SSSR count). The van der Waals surface area contributed by atoms with Crippen LogP contribution in [0.3, 0.4) is 0 Å². The normalized spacial score (nSPS) is 16.6. The fourth-order valence-electron chi connectivity index (χ4n) is 3.30. The van der Waals surface area contributed by atoms with Crippen molar-refractivity contribution in [3.8, 4) is 5.69 Å². The predicted octanol–water partition coefficient (Wildman–Crippen LogP) is 6.06. The van der Waals surface area contributed by atoms with Gasteiger partial charge < -0.3 is 9.88 Å². The third-order valence-electron chi connectivity index (χ3n) is 4.82. The fraction of sp³-hybridized carbons (Fsp3) is 0.130. The van der Waals surface area contributed by atoms with Gasteiger partial charge in [0.25, 0.3) is 5.91 Å². The van der Waals surface area contributed by atoms with Crippen molar-refractivity contribution in [1.82, 2.24) is 9.88 Å². The van der Waals surface area contributed by atoms with Gasteiger partial charge in [-0.1, -0.05) is 35.9 Å². The van der Waals surface area contributed by atoms with Crippen molar-refractivity contribution in [3.05, 3.63) is 86.5 Å². The van der Waals surface area contributed by atoms with E-state index in [1.165, 1.54) is 17.3 Å². The van der Waals surface area contributed by atoms with E-state index in [1.807, 2.05) is 55.5 Å². The Labute approximate surface area is 182 Å². The highest BCUT2D eigenvalue weighted by atomic mass is 79.9. The summed E-state index contributed by atoms with van der Waals surface area (Å²) < 4.78 is 3.18. The van der Waals surface area contributed by atoms with Gasteiger partial charge in [-0.15, -0.1) is 0 Å². The minimum Gasteiger partial charge on any atom is -0.317 e. The van der Waals surface area contributed by atoms with Crippen molar-refractivity contribution in [2.24, 2.45) is 4.99 Å². The fourth-order valence-corrected chi connectivity index (χ4v) is 4.71. The van der Waals surface area contributed by atoms with Crippen LogP contribution in [0.1, 0.15) is 22.5 Å². The SMILES string of the molecule is Cc1ccc(N=C2NC(=O)/C(=C/c3c(Br)c(C)n(-c4ccccc4)c3C)S2)cc1. The highest BCUT2D eigenvalue weighted by molar-refractivity contribution is 9.10. The van der Waals surface area contributed by atoms with Gasteiger partial charge in [-0.25, -0.2) is 4.99 Å². The van der Waals surface area contributed by atoms with Gasteiger partial charge >= 0.3 is 0 Å². The summed E-state index contributed by atoms with van der Waals surface area (Å²) in [5.74, 6) is -0.128. The summed E-state index contributed by atoms with van der Waals surface area (Å²) in [4.78, 5) is 17.7. The number of benzene rings is 2. The number of nitrogens with zero attached hydrogens (tertiary/aromatic N) is 2. The Morgan fingerprint density at radius 3 is 2.38 bits per heavy atom. The van der Waals surface area contributed by atoms with Crippen LogP contribution in [-0.4, -0.2) is 15.6 Å². The largest absolute Gasteiger partial charge is 0.317 e. The van der Waals surface area contributed by atoms with Gasteiger partial charge in [0.05, 0.1) is 10.6 Å². The molecule has 0 radical (unpaired) electrons. The lowest BCUT2D eigenvalue weighted by molar-refractivity contribution is -0.115. The number of rotatable bonds is 3. The lowest BCUT2D eigenvalue weighted by Crippen LogP contribution is -2.19. The first-order valence-corrected chi connectivity index (χ1v) is 10.8. The van der Waals surface area contributed by atoms with Crippen molar-refractivity contribution in [2.75, 3.05) is 0 Å². The van der Waals surface area contributed by atoms with Crippen LogP contribution in [0.25, 0.3) is 11.8 Å². The van der Waals surface area contributed by atoms with Crippen LogP contribution < -0.4 is 5.32 Å². The average Bonchev–Trinajstić information content (AvgIpc) is 3.16. The summed E-state index contributed by atoms with van der Waals surface area (Å²) in [5, 5.41) is 3.46. The first-order valence-electron chi connectivity index (χ1n) is 9.23. The van der Waals surface area contributed by atoms with Crippen LogP contribution in [0.15, 0.2) is 69.0 Å². The van der Waals surface area contributed by atoms with E-state index in [0.717, 1.165) is 32.8 Å². The number of aromatic nitrogens is 1. The lowest BCUT2D eigenvalue weighted by Gasteiger charge is -2.09. The first kappa shape index (κ1) is 19.7. The Bertz CT molecular complexity index is 1150. The number of para-hydroxylation sites is 1. The van der Waals surface area contributed by atoms with Gasteiger partial charge in [-0.2, -0.15) is 0 Å². The molecule has 146 valence electrons. The smallest absolute Gasteiger partial charge is 0.264 e. The number of aliphatic imine (C=N–C) groups is 1. The number of amidine groups is 1. The summed E-state index contributed by atoms with van der Waals surface area (Å²) in [7, 11) is 0. The molecule has 1 aliphatic heterocycles. The molecule has 0 saturated carbocycles. The second-order valence-corrected chi connectivity index (χ2v) is 8.71. The minimum atomic E-state index is -0.128. The monoisotopic (exact) mass is 465 g/mol. The molecule has 2 heterocycles. The standard InChI is InChI=1S/C23H20BrN3OS/c1-14-9-11-17(12-10-14)25-23-26-22(28)20(29-23)13-19-15(2)27(16(3)21(19)24)18-7-5-4-6-8-18/h4-13H,1-3H3,(H,25,26,28)/b20-13-. The number of carbonyl (C=O) groups is 1. The summed E-state index contributed by atoms with van der Waals surface area (Å²) in [6.45, 7) is 6.17. The molecule has 29 heavy (non-hydrogen) atoms. The molecular formula is C23H20BrN3OS. The predicted molar refractivity (Wildman–Crippen MR) is 125 cm³/mol. The zero-order valence-corrected chi connectivity index (χ0v) is 18.8. The topological polar surface area (TPSA) is 46.4 Å². The van der Waals surface area contributed by atoms with Crippen LogP contribution in [0.4, 0.5) is 5.69 Å². The summed E-state index contributed by atoms with van der Waals surface area (Å²) >= 11 is 5.08. The first-order chi connectivity index (χ1) is 13.9. The maximum atomic E-state index is 12.5. The van der Waals surface area contributed by atoms with E-state index in [9.17, 15) is 4.79 Å². The molecule has 0 unspecified atom stereocenters. The molecule has 0 spiro atoms. The van der Waals surface area contributed by atoms with Crippen LogP contribution in [-0.2, 0) is 4.79 Å². The molecule has 1 fully saturated rings. The molecule has 1 amide bonds. The zero-order valence-electron chi connectivity index (χ0n) is 16.4. The number of halogens is 1. The van der Waals surface area contributed by atoms with E-state index in [-0.39, 0.29) is 5.91 Å². The van der Waals surface area contributed by atoms with E-state index in [2.05, 4.69) is 56.8 Å². The second kappa shape index (κ2) is 8.05. The minimum absolute atomic E-state index is 0.128. The highest BCUT2D eigenvalue weighted by Crippen LogP contribution is 2.35. The zero-order chi connectivity index (χ0) is 20.5. The van der Waals surface area contributed by atoms with E-state index in [4.69, 9.17) is 0 Å². The van der Waals surface area contributed by atoms with Gasteiger partial charge in [0.2, 0.25) is 0 Å². The van der Waals surface area contributed by atoms with Crippen molar-refractivity contribution >= 4 is 50.5 Å². The molecule has 1 N–H and O–H groups in total. The quantitative estimate of drug-likeness (QED) is 0.478. The van der Waals surface area contributed by atoms with Crippen molar-refractivity contribution < 1.29 is 4.79 Å². The van der Waals surface area contributed by atoms with Crippen LogP contribution in [0.5, 0.6) is 0 Å². The number of aryl methyl sites for hydroxylation is 1. The molecule has 2 aromatic carbocycles. The maximum Gasteiger partial charge on any atom is 0.264 e.